The van der Waals surface area contributed by atoms with E-state index in [0.29, 0.717) is 23.7 Å². The third kappa shape index (κ3) is 5.88. The van der Waals surface area contributed by atoms with E-state index in [0.717, 1.165) is 0 Å². The fourth-order valence-corrected chi connectivity index (χ4v) is 10.9. The predicted molar refractivity (Wildman–Crippen MR) is 98.8 cm³/mol. The maximum absolute atomic E-state index is 2.55. The first kappa shape index (κ1) is 25.8. The van der Waals surface area contributed by atoms with E-state index in [-0.39, 0.29) is 34.0 Å². The Balaban J connectivity index is 0.00000288. The van der Waals surface area contributed by atoms with E-state index in [1.807, 2.05) is 6.66 Å². The summed E-state index contributed by atoms with van der Waals surface area (Å²) in [5.74, 6) is 2.74. The van der Waals surface area contributed by atoms with Crippen molar-refractivity contribution in [2.75, 3.05) is 0 Å². The topological polar surface area (TPSA) is 0 Å². The molecule has 0 fully saturated rings. The second kappa shape index (κ2) is 11.0. The van der Waals surface area contributed by atoms with Crippen molar-refractivity contribution >= 4 is 0 Å². The largest absolute Gasteiger partial charge is 1.00 e. The van der Waals surface area contributed by atoms with Crippen LogP contribution in [-0.2, 0) is 22.9 Å². The molecule has 0 spiro atoms. The van der Waals surface area contributed by atoms with Crippen LogP contribution in [0.3, 0.4) is 0 Å². The molecule has 0 bridgehead atoms. The molecule has 0 aromatic heterocycles. The van der Waals surface area contributed by atoms with E-state index in [1.165, 1.54) is 12.8 Å². The average molecular weight is 637 g/mol. The molecule has 0 amide bonds. The van der Waals surface area contributed by atoms with Crippen LogP contribution in [0.4, 0.5) is 0 Å². The summed E-state index contributed by atoms with van der Waals surface area (Å²) in [6, 6.07) is 0. The second-order valence-electron chi connectivity index (χ2n) is 8.26. The first-order valence-corrected chi connectivity index (χ1v) is 13.0. The monoisotopic (exact) mass is 636 g/mol. The zero-order valence-corrected chi connectivity index (χ0v) is 23.9. The van der Waals surface area contributed by atoms with Gasteiger partial charge < -0.3 is 34.0 Å². The Bertz CT molecular complexity index is 535. The SMILES string of the molecule is CC(C)C1=CC[C]([Hf+2][C]2=C(C(C)C)C(C(C)C)=CC2)=C1C(C)C.[Br-].[Br-]. The minimum absolute atomic E-state index is 0. The Kier molecular flexibility index (Phi) is 11.3. The first-order valence-electron chi connectivity index (χ1n) is 9.37. The molecular formula is C22H34Br2Hf. The standard InChI is InChI=1S/2C11H17.2BrH.Hf/c2*1-8(2)10-6-5-7-11(10)9(3)4;;;/h2*6,8-9H,5H2,1-4H3;2*1H;/q;;;;+2/p-2. The van der Waals surface area contributed by atoms with E-state index in [9.17, 15) is 0 Å². The molecule has 3 heteroatoms. The third-order valence-electron chi connectivity index (χ3n) is 5.02. The minimum Gasteiger partial charge on any atom is -1.00 e. The Morgan fingerprint density at radius 1 is 0.600 bits per heavy atom. The van der Waals surface area contributed by atoms with Crippen molar-refractivity contribution in [3.63, 3.8) is 0 Å². The van der Waals surface area contributed by atoms with Crippen LogP contribution in [-0.4, -0.2) is 0 Å². The van der Waals surface area contributed by atoms with Crippen LogP contribution in [0.1, 0.15) is 68.2 Å². The fraction of sp³-hybridized carbons (Fsp3) is 0.636. The van der Waals surface area contributed by atoms with Crippen LogP contribution in [0.5, 0.6) is 0 Å². The van der Waals surface area contributed by atoms with E-state index in [1.54, 1.807) is 22.3 Å². The summed E-state index contributed by atoms with van der Waals surface area (Å²) in [7, 11) is 0. The van der Waals surface area contributed by atoms with Gasteiger partial charge in [0.05, 0.1) is 0 Å². The van der Waals surface area contributed by atoms with Crippen molar-refractivity contribution in [3.8, 4) is 0 Å². The normalized spacial score (nSPS) is 17.3. The molecule has 2 aliphatic rings. The number of hydrogen-bond donors (Lipinski definition) is 0. The first-order chi connectivity index (χ1) is 10.7. The van der Waals surface area contributed by atoms with Crippen molar-refractivity contribution in [1.29, 1.82) is 0 Å². The van der Waals surface area contributed by atoms with E-state index >= 15 is 0 Å². The van der Waals surface area contributed by atoms with Crippen molar-refractivity contribution in [3.05, 3.63) is 41.1 Å². The van der Waals surface area contributed by atoms with Gasteiger partial charge in [-0.15, -0.1) is 0 Å². The second-order valence-corrected chi connectivity index (χ2v) is 13.5. The molecule has 0 radical (unpaired) electrons. The Morgan fingerprint density at radius 2 is 0.920 bits per heavy atom. The van der Waals surface area contributed by atoms with Gasteiger partial charge in [-0.3, -0.25) is 0 Å². The number of rotatable bonds is 6. The molecule has 25 heavy (non-hydrogen) atoms. The van der Waals surface area contributed by atoms with Gasteiger partial charge in [0.15, 0.2) is 0 Å². The van der Waals surface area contributed by atoms with Crippen LogP contribution in [0, 0.1) is 23.7 Å². The molecule has 0 atom stereocenters. The van der Waals surface area contributed by atoms with Crippen LogP contribution < -0.4 is 34.0 Å². The minimum atomic E-state index is -0.882. The summed E-state index contributed by atoms with van der Waals surface area (Å²) in [5.41, 5.74) is 6.81. The Morgan fingerprint density at radius 3 is 1.16 bits per heavy atom. The number of allylic oxidation sites excluding steroid dienone is 8. The van der Waals surface area contributed by atoms with Crippen LogP contribution in [0.2, 0.25) is 0 Å². The van der Waals surface area contributed by atoms with Crippen LogP contribution >= 0.6 is 0 Å². The van der Waals surface area contributed by atoms with Gasteiger partial charge in [0.25, 0.3) is 0 Å². The average Bonchev–Trinajstić information content (AvgIpc) is 3.02. The fourth-order valence-electron chi connectivity index (χ4n) is 4.09. The molecule has 2 aliphatic carbocycles. The molecule has 0 heterocycles. The molecular weight excluding hydrogens is 603 g/mol. The summed E-state index contributed by atoms with van der Waals surface area (Å²) in [6.07, 6.45) is 7.61. The van der Waals surface area contributed by atoms with Gasteiger partial charge in [0.2, 0.25) is 0 Å². The predicted octanol–water partition coefficient (Wildman–Crippen LogP) is 0.869. The molecule has 140 valence electrons. The van der Waals surface area contributed by atoms with Gasteiger partial charge in [-0.1, -0.05) is 0 Å². The van der Waals surface area contributed by atoms with Gasteiger partial charge in [-0.05, 0) is 0 Å². The van der Waals surface area contributed by atoms with Gasteiger partial charge in [0, 0.05) is 0 Å². The van der Waals surface area contributed by atoms with Gasteiger partial charge in [0.1, 0.15) is 0 Å². The van der Waals surface area contributed by atoms with Gasteiger partial charge in [-0.2, -0.15) is 0 Å². The molecule has 0 N–H and O–H groups in total. The van der Waals surface area contributed by atoms with Crippen LogP contribution in [0.25, 0.3) is 0 Å². The van der Waals surface area contributed by atoms with E-state index in [2.05, 4.69) is 67.5 Å². The molecule has 0 saturated carbocycles. The van der Waals surface area contributed by atoms with Crippen LogP contribution in [0.15, 0.2) is 41.1 Å². The summed E-state index contributed by atoms with van der Waals surface area (Å²) < 4.78 is 3.77. The molecule has 0 unspecified atom stereocenters. The summed E-state index contributed by atoms with van der Waals surface area (Å²) >= 11 is -0.882. The van der Waals surface area contributed by atoms with Crippen molar-refractivity contribution in [2.24, 2.45) is 23.7 Å². The Labute approximate surface area is 188 Å². The quantitative estimate of drug-likeness (QED) is 0.380. The zero-order valence-electron chi connectivity index (χ0n) is 17.1. The summed E-state index contributed by atoms with van der Waals surface area (Å²) in [6.45, 7) is 19.0. The number of halogens is 2. The van der Waals surface area contributed by atoms with Crippen molar-refractivity contribution in [2.45, 2.75) is 68.2 Å². The molecule has 0 aliphatic heterocycles. The molecule has 0 nitrogen and oxygen atoms in total. The third-order valence-corrected chi connectivity index (χ3v) is 10.6. The molecule has 0 aromatic carbocycles. The summed E-state index contributed by atoms with van der Waals surface area (Å²) in [5, 5.41) is 0. The molecule has 0 saturated heterocycles. The number of hydrogen-bond acceptors (Lipinski definition) is 0. The smallest absolute Gasteiger partial charge is 1.00 e. The van der Waals surface area contributed by atoms with E-state index < -0.39 is 22.9 Å². The van der Waals surface area contributed by atoms with Crippen molar-refractivity contribution in [1.82, 2.24) is 0 Å². The van der Waals surface area contributed by atoms with Crippen molar-refractivity contribution < 1.29 is 56.9 Å². The zero-order chi connectivity index (χ0) is 17.3. The maximum Gasteiger partial charge on any atom is -1.00 e. The van der Waals surface area contributed by atoms with Gasteiger partial charge in [-0.25, -0.2) is 0 Å². The summed E-state index contributed by atoms with van der Waals surface area (Å²) in [4.78, 5) is 0. The Hall–Kier alpha value is 0.790. The maximum atomic E-state index is 2.55. The van der Waals surface area contributed by atoms with Gasteiger partial charge >= 0.3 is 156 Å². The van der Waals surface area contributed by atoms with E-state index in [4.69, 9.17) is 0 Å². The molecule has 2 rings (SSSR count). The molecule has 0 aromatic rings.